The summed E-state index contributed by atoms with van der Waals surface area (Å²) in [4.78, 5) is 28.4. The number of carbonyl (C=O) groups is 1. The molecule has 0 saturated carbocycles. The number of rotatable bonds is 5. The molecule has 3 aromatic rings. The zero-order valence-electron chi connectivity index (χ0n) is 14.6. The summed E-state index contributed by atoms with van der Waals surface area (Å²) in [5.41, 5.74) is 0.602. The first-order valence-corrected chi connectivity index (χ1v) is 8.18. The minimum atomic E-state index is -4.81. The Balaban J connectivity index is 1.64. The molecular formula is C19H13F4N3O3. The Morgan fingerprint density at radius 2 is 1.72 bits per heavy atom. The van der Waals surface area contributed by atoms with Crippen molar-refractivity contribution in [2.24, 2.45) is 0 Å². The first-order chi connectivity index (χ1) is 13.7. The maximum atomic E-state index is 13.0. The summed E-state index contributed by atoms with van der Waals surface area (Å²) in [5.74, 6) is -1.42. The predicted octanol–water partition coefficient (Wildman–Crippen LogP) is 3.59. The second-order valence-corrected chi connectivity index (χ2v) is 5.87. The van der Waals surface area contributed by atoms with E-state index >= 15 is 0 Å². The Hall–Kier alpha value is -3.69. The van der Waals surface area contributed by atoms with Crippen LogP contribution in [0.25, 0.3) is 11.3 Å². The molecule has 3 rings (SSSR count). The van der Waals surface area contributed by atoms with E-state index < -0.39 is 29.4 Å². The van der Waals surface area contributed by atoms with Gasteiger partial charge in [-0.05, 0) is 48.5 Å². The number of nitrogens with one attached hydrogen (secondary N) is 1. The van der Waals surface area contributed by atoms with E-state index in [1.807, 2.05) is 0 Å². The number of ether oxygens (including phenoxy) is 1. The van der Waals surface area contributed by atoms with E-state index in [-0.39, 0.29) is 12.2 Å². The van der Waals surface area contributed by atoms with Gasteiger partial charge in [0.1, 0.15) is 18.1 Å². The SMILES string of the molecule is O=C(Cn1cnc(-c2ccc(F)cc2)cc1=O)Nc1ccc(OC(F)(F)F)cc1. The molecule has 1 amide bonds. The summed E-state index contributed by atoms with van der Waals surface area (Å²) >= 11 is 0. The molecule has 0 unspecified atom stereocenters. The summed E-state index contributed by atoms with van der Waals surface area (Å²) in [7, 11) is 0. The molecular weight excluding hydrogens is 394 g/mol. The van der Waals surface area contributed by atoms with Crippen molar-refractivity contribution in [2.45, 2.75) is 12.9 Å². The Labute approximate surface area is 161 Å². The fraction of sp³-hybridized carbons (Fsp3) is 0.105. The highest BCUT2D eigenvalue weighted by Gasteiger charge is 2.30. The molecule has 1 aromatic heterocycles. The molecule has 0 bridgehead atoms. The summed E-state index contributed by atoms with van der Waals surface area (Å²) in [6.07, 6.45) is -3.63. The van der Waals surface area contributed by atoms with Crippen LogP contribution in [-0.2, 0) is 11.3 Å². The van der Waals surface area contributed by atoms with E-state index in [9.17, 15) is 27.2 Å². The molecule has 6 nitrogen and oxygen atoms in total. The zero-order chi connectivity index (χ0) is 21.0. The van der Waals surface area contributed by atoms with Gasteiger partial charge in [-0.15, -0.1) is 13.2 Å². The topological polar surface area (TPSA) is 73.2 Å². The number of aromatic nitrogens is 2. The Morgan fingerprint density at radius 1 is 1.07 bits per heavy atom. The summed E-state index contributed by atoms with van der Waals surface area (Å²) in [5, 5.41) is 2.46. The highest BCUT2D eigenvalue weighted by molar-refractivity contribution is 5.90. The van der Waals surface area contributed by atoms with Crippen LogP contribution in [0.5, 0.6) is 5.75 Å². The molecule has 1 heterocycles. The number of nitrogens with zero attached hydrogens (tertiary/aromatic N) is 2. The van der Waals surface area contributed by atoms with Crippen molar-refractivity contribution < 1.29 is 27.1 Å². The van der Waals surface area contributed by atoms with Gasteiger partial charge in [0.05, 0.1) is 12.0 Å². The number of benzene rings is 2. The lowest BCUT2D eigenvalue weighted by atomic mass is 10.1. The van der Waals surface area contributed by atoms with Crippen LogP contribution >= 0.6 is 0 Å². The van der Waals surface area contributed by atoms with Gasteiger partial charge in [0.25, 0.3) is 5.56 Å². The van der Waals surface area contributed by atoms with Crippen LogP contribution in [0.4, 0.5) is 23.2 Å². The molecule has 0 saturated heterocycles. The average Bonchev–Trinajstić information content (AvgIpc) is 2.64. The molecule has 0 aliphatic heterocycles. The number of hydrogen-bond acceptors (Lipinski definition) is 4. The highest BCUT2D eigenvalue weighted by atomic mass is 19.4. The molecule has 29 heavy (non-hydrogen) atoms. The van der Waals surface area contributed by atoms with Crippen LogP contribution in [-0.4, -0.2) is 21.8 Å². The van der Waals surface area contributed by atoms with Crippen LogP contribution in [0.15, 0.2) is 65.7 Å². The zero-order valence-corrected chi connectivity index (χ0v) is 14.6. The molecule has 0 aliphatic rings. The van der Waals surface area contributed by atoms with Gasteiger partial charge in [-0.25, -0.2) is 9.37 Å². The predicted molar refractivity (Wildman–Crippen MR) is 95.6 cm³/mol. The lowest BCUT2D eigenvalue weighted by molar-refractivity contribution is -0.274. The maximum absolute atomic E-state index is 13.0. The van der Waals surface area contributed by atoms with E-state index in [0.29, 0.717) is 11.3 Å². The Kier molecular flexibility index (Phi) is 5.62. The lowest BCUT2D eigenvalue weighted by Crippen LogP contribution is -2.27. The molecule has 0 spiro atoms. The van der Waals surface area contributed by atoms with Crippen molar-refractivity contribution in [1.29, 1.82) is 0 Å². The highest BCUT2D eigenvalue weighted by Crippen LogP contribution is 2.24. The first kappa shape index (κ1) is 20.1. The van der Waals surface area contributed by atoms with E-state index in [1.54, 1.807) is 0 Å². The van der Waals surface area contributed by atoms with Gasteiger partial charge in [0.2, 0.25) is 5.91 Å². The van der Waals surface area contributed by atoms with Crippen LogP contribution in [0, 0.1) is 5.82 Å². The number of carbonyl (C=O) groups excluding carboxylic acids is 1. The van der Waals surface area contributed by atoms with Crippen molar-refractivity contribution in [3.8, 4) is 17.0 Å². The maximum Gasteiger partial charge on any atom is 0.573 e. The van der Waals surface area contributed by atoms with Gasteiger partial charge in [0.15, 0.2) is 0 Å². The standard InChI is InChI=1S/C19H13F4N3O3/c20-13-3-1-12(2-4-13)16-9-18(28)26(11-24-16)10-17(27)25-14-5-7-15(8-6-14)29-19(21,22)23/h1-9,11H,10H2,(H,25,27). The molecule has 0 fully saturated rings. The first-order valence-electron chi connectivity index (χ1n) is 8.18. The molecule has 2 aromatic carbocycles. The quantitative estimate of drug-likeness (QED) is 0.656. The molecule has 0 radical (unpaired) electrons. The molecule has 150 valence electrons. The fourth-order valence-corrected chi connectivity index (χ4v) is 2.42. The average molecular weight is 407 g/mol. The van der Waals surface area contributed by atoms with Crippen LogP contribution in [0.2, 0.25) is 0 Å². The Bertz CT molecular complexity index is 1060. The third-order valence-electron chi connectivity index (χ3n) is 3.71. The van der Waals surface area contributed by atoms with Gasteiger partial charge >= 0.3 is 6.36 Å². The minimum absolute atomic E-state index is 0.230. The fourth-order valence-electron chi connectivity index (χ4n) is 2.42. The van der Waals surface area contributed by atoms with Gasteiger partial charge in [-0.1, -0.05) is 0 Å². The third-order valence-corrected chi connectivity index (χ3v) is 3.71. The molecule has 10 heteroatoms. The molecule has 0 aliphatic carbocycles. The summed E-state index contributed by atoms with van der Waals surface area (Å²) in [6.45, 7) is -0.351. The van der Waals surface area contributed by atoms with E-state index in [2.05, 4.69) is 15.0 Å². The van der Waals surface area contributed by atoms with Crippen molar-refractivity contribution >= 4 is 11.6 Å². The normalized spacial score (nSPS) is 11.2. The van der Waals surface area contributed by atoms with E-state index in [1.165, 1.54) is 48.8 Å². The monoisotopic (exact) mass is 407 g/mol. The van der Waals surface area contributed by atoms with Crippen molar-refractivity contribution in [3.63, 3.8) is 0 Å². The lowest BCUT2D eigenvalue weighted by Gasteiger charge is -2.10. The van der Waals surface area contributed by atoms with Gasteiger partial charge in [-0.3, -0.25) is 14.2 Å². The Morgan fingerprint density at radius 3 is 2.31 bits per heavy atom. The molecule has 0 atom stereocenters. The second kappa shape index (κ2) is 8.13. The van der Waals surface area contributed by atoms with Crippen LogP contribution in [0.3, 0.4) is 0 Å². The molecule has 1 N–H and O–H groups in total. The summed E-state index contributed by atoms with van der Waals surface area (Å²) < 4.78 is 54.2. The van der Waals surface area contributed by atoms with Crippen molar-refractivity contribution in [1.82, 2.24) is 9.55 Å². The number of halogens is 4. The van der Waals surface area contributed by atoms with Crippen LogP contribution < -0.4 is 15.6 Å². The number of alkyl halides is 3. The van der Waals surface area contributed by atoms with Gasteiger partial charge in [0, 0.05) is 17.3 Å². The second-order valence-electron chi connectivity index (χ2n) is 5.87. The van der Waals surface area contributed by atoms with E-state index in [0.717, 1.165) is 16.7 Å². The van der Waals surface area contributed by atoms with Gasteiger partial charge in [-0.2, -0.15) is 0 Å². The number of amides is 1. The summed E-state index contributed by atoms with van der Waals surface area (Å²) in [6, 6.07) is 11.2. The minimum Gasteiger partial charge on any atom is -0.406 e. The number of hydrogen-bond donors (Lipinski definition) is 1. The van der Waals surface area contributed by atoms with Crippen molar-refractivity contribution in [2.75, 3.05) is 5.32 Å². The smallest absolute Gasteiger partial charge is 0.406 e. The van der Waals surface area contributed by atoms with Gasteiger partial charge < -0.3 is 10.1 Å². The van der Waals surface area contributed by atoms with E-state index in [4.69, 9.17) is 0 Å². The van der Waals surface area contributed by atoms with Crippen molar-refractivity contribution in [3.05, 3.63) is 77.1 Å². The van der Waals surface area contributed by atoms with Crippen LogP contribution in [0.1, 0.15) is 0 Å². The largest absolute Gasteiger partial charge is 0.573 e. The third kappa shape index (κ3) is 5.64. The number of anilines is 1.